The average Bonchev–Trinajstić information content (AvgIpc) is 2.09. The summed E-state index contributed by atoms with van der Waals surface area (Å²) in [5, 5.41) is 0.404. The number of nitrogens with zero attached hydrogens (tertiary/aromatic N) is 2. The third kappa shape index (κ3) is 1.84. The highest BCUT2D eigenvalue weighted by Crippen LogP contribution is 2.23. The van der Waals surface area contributed by atoms with E-state index in [1.165, 1.54) is 13.4 Å². The van der Waals surface area contributed by atoms with Gasteiger partial charge in [-0.05, 0) is 0 Å². The van der Waals surface area contributed by atoms with Crippen LogP contribution in [0.4, 0.5) is 0 Å². The van der Waals surface area contributed by atoms with Crippen molar-refractivity contribution in [2.24, 2.45) is 0 Å². The van der Waals surface area contributed by atoms with Gasteiger partial charge in [-0.1, -0.05) is 11.6 Å². The van der Waals surface area contributed by atoms with Crippen molar-refractivity contribution in [1.82, 2.24) is 9.97 Å². The van der Waals surface area contributed by atoms with Gasteiger partial charge >= 0.3 is 0 Å². The highest BCUT2D eigenvalue weighted by molar-refractivity contribution is 6.32. The zero-order chi connectivity index (χ0) is 8.97. The fraction of sp³-hybridized carbons (Fsp3) is 0.429. The largest absolute Gasteiger partial charge is 0.480 e. The third-order valence-electron chi connectivity index (χ3n) is 1.30. The maximum absolute atomic E-state index is 5.86. The summed E-state index contributed by atoms with van der Waals surface area (Å²) < 4.78 is 9.77. The molecule has 0 bridgehead atoms. The molecule has 0 fully saturated rings. The van der Waals surface area contributed by atoms with Crippen LogP contribution >= 0.6 is 11.6 Å². The molecule has 0 spiro atoms. The van der Waals surface area contributed by atoms with Gasteiger partial charge in [-0.3, -0.25) is 0 Å². The van der Waals surface area contributed by atoms with Gasteiger partial charge in [-0.2, -0.15) is 0 Å². The predicted octanol–water partition coefficient (Wildman–Crippen LogP) is 1.28. The Balaban J connectivity index is 2.97. The number of hydrogen-bond donors (Lipinski definition) is 0. The summed E-state index contributed by atoms with van der Waals surface area (Å²) in [5.41, 5.74) is 0.631. The van der Waals surface area contributed by atoms with Crippen LogP contribution in [-0.4, -0.2) is 24.2 Å². The summed E-state index contributed by atoms with van der Waals surface area (Å²) in [7, 11) is 3.08. The molecular formula is C7H9ClN2O2. The van der Waals surface area contributed by atoms with Crippen LogP contribution in [0.1, 0.15) is 5.69 Å². The first-order chi connectivity index (χ1) is 5.79. The molecule has 0 aliphatic carbocycles. The van der Waals surface area contributed by atoms with Gasteiger partial charge in [0.2, 0.25) is 5.88 Å². The van der Waals surface area contributed by atoms with E-state index in [0.717, 1.165) is 0 Å². The topological polar surface area (TPSA) is 44.2 Å². The molecule has 1 aromatic heterocycles. The van der Waals surface area contributed by atoms with E-state index in [0.29, 0.717) is 23.2 Å². The molecule has 0 N–H and O–H groups in total. The van der Waals surface area contributed by atoms with Crippen molar-refractivity contribution in [2.45, 2.75) is 6.61 Å². The molecule has 0 aliphatic rings. The van der Waals surface area contributed by atoms with Gasteiger partial charge < -0.3 is 9.47 Å². The molecule has 1 heterocycles. The number of rotatable bonds is 3. The van der Waals surface area contributed by atoms with Gasteiger partial charge in [-0.25, -0.2) is 9.97 Å². The molecular weight excluding hydrogens is 180 g/mol. The second kappa shape index (κ2) is 4.23. The molecule has 1 rings (SSSR count). The molecule has 0 saturated carbocycles. The molecule has 0 saturated heterocycles. The molecule has 4 nitrogen and oxygen atoms in total. The lowest BCUT2D eigenvalue weighted by Crippen LogP contribution is -1.97. The maximum Gasteiger partial charge on any atom is 0.235 e. The highest BCUT2D eigenvalue weighted by atomic mass is 35.5. The first-order valence-electron chi connectivity index (χ1n) is 3.32. The Bertz CT molecular complexity index is 268. The Morgan fingerprint density at radius 2 is 2.17 bits per heavy atom. The number of halogens is 1. The SMILES string of the molecule is COCc1ncnc(OC)c1Cl. The Labute approximate surface area is 75.5 Å². The van der Waals surface area contributed by atoms with Gasteiger partial charge in [0.05, 0.1) is 19.4 Å². The van der Waals surface area contributed by atoms with Crippen LogP contribution < -0.4 is 4.74 Å². The van der Waals surface area contributed by atoms with E-state index in [2.05, 4.69) is 9.97 Å². The Hall–Kier alpha value is -0.870. The second-order valence-corrected chi connectivity index (χ2v) is 2.45. The van der Waals surface area contributed by atoms with Gasteiger partial charge in [0.25, 0.3) is 0 Å². The van der Waals surface area contributed by atoms with E-state index in [4.69, 9.17) is 21.1 Å². The van der Waals surface area contributed by atoms with Gasteiger partial charge in [-0.15, -0.1) is 0 Å². The highest BCUT2D eigenvalue weighted by Gasteiger charge is 2.07. The lowest BCUT2D eigenvalue weighted by atomic mass is 10.4. The standard InChI is InChI=1S/C7H9ClN2O2/c1-11-3-5-6(8)7(12-2)10-4-9-5/h4H,3H2,1-2H3. The number of ether oxygens (including phenoxy) is 2. The van der Waals surface area contributed by atoms with E-state index in [1.807, 2.05) is 0 Å². The normalized spacial score (nSPS) is 9.92. The molecule has 12 heavy (non-hydrogen) atoms. The van der Waals surface area contributed by atoms with Crippen LogP contribution in [0.2, 0.25) is 5.02 Å². The molecule has 0 aromatic carbocycles. The van der Waals surface area contributed by atoms with E-state index in [-0.39, 0.29) is 0 Å². The molecule has 0 amide bonds. The van der Waals surface area contributed by atoms with Crippen molar-refractivity contribution in [1.29, 1.82) is 0 Å². The number of aromatic nitrogens is 2. The predicted molar refractivity (Wildman–Crippen MR) is 44.3 cm³/mol. The summed E-state index contributed by atoms with van der Waals surface area (Å²) in [6.07, 6.45) is 1.39. The van der Waals surface area contributed by atoms with Crippen molar-refractivity contribution >= 4 is 11.6 Å². The average molecular weight is 189 g/mol. The van der Waals surface area contributed by atoms with Crippen molar-refractivity contribution in [3.05, 3.63) is 17.0 Å². The third-order valence-corrected chi connectivity index (χ3v) is 1.68. The second-order valence-electron chi connectivity index (χ2n) is 2.08. The fourth-order valence-corrected chi connectivity index (χ4v) is 0.997. The van der Waals surface area contributed by atoms with Crippen molar-refractivity contribution in [3.8, 4) is 5.88 Å². The van der Waals surface area contributed by atoms with Crippen LogP contribution in [0.3, 0.4) is 0 Å². The van der Waals surface area contributed by atoms with E-state index in [9.17, 15) is 0 Å². The summed E-state index contributed by atoms with van der Waals surface area (Å²) in [6, 6.07) is 0. The lowest BCUT2D eigenvalue weighted by molar-refractivity contribution is 0.181. The summed E-state index contributed by atoms with van der Waals surface area (Å²) in [4.78, 5) is 7.75. The Morgan fingerprint density at radius 1 is 1.42 bits per heavy atom. The van der Waals surface area contributed by atoms with Crippen molar-refractivity contribution < 1.29 is 9.47 Å². The molecule has 66 valence electrons. The van der Waals surface area contributed by atoms with Crippen LogP contribution in [0.15, 0.2) is 6.33 Å². The van der Waals surface area contributed by atoms with E-state index < -0.39 is 0 Å². The van der Waals surface area contributed by atoms with Crippen LogP contribution in [0, 0.1) is 0 Å². The summed E-state index contributed by atoms with van der Waals surface area (Å²) in [6.45, 7) is 0.359. The Kier molecular flexibility index (Phi) is 3.25. The number of methoxy groups -OCH3 is 2. The van der Waals surface area contributed by atoms with E-state index >= 15 is 0 Å². The van der Waals surface area contributed by atoms with Gasteiger partial charge in [0, 0.05) is 7.11 Å². The first-order valence-corrected chi connectivity index (χ1v) is 3.69. The van der Waals surface area contributed by atoms with Crippen molar-refractivity contribution in [3.63, 3.8) is 0 Å². The zero-order valence-corrected chi connectivity index (χ0v) is 7.63. The van der Waals surface area contributed by atoms with Gasteiger partial charge in [0.1, 0.15) is 11.3 Å². The molecule has 0 aliphatic heterocycles. The fourth-order valence-electron chi connectivity index (χ4n) is 0.767. The quantitative estimate of drug-likeness (QED) is 0.717. The molecule has 1 aromatic rings. The summed E-state index contributed by atoms with van der Waals surface area (Å²) >= 11 is 5.86. The Morgan fingerprint density at radius 3 is 2.75 bits per heavy atom. The van der Waals surface area contributed by atoms with Crippen LogP contribution in [0.5, 0.6) is 5.88 Å². The zero-order valence-electron chi connectivity index (χ0n) is 6.87. The number of hydrogen-bond acceptors (Lipinski definition) is 4. The van der Waals surface area contributed by atoms with Crippen molar-refractivity contribution in [2.75, 3.05) is 14.2 Å². The van der Waals surface area contributed by atoms with Crippen LogP contribution in [-0.2, 0) is 11.3 Å². The molecule has 5 heteroatoms. The van der Waals surface area contributed by atoms with Crippen LogP contribution in [0.25, 0.3) is 0 Å². The molecule has 0 unspecified atom stereocenters. The summed E-state index contributed by atoms with van der Waals surface area (Å²) in [5.74, 6) is 0.374. The van der Waals surface area contributed by atoms with E-state index in [1.54, 1.807) is 7.11 Å². The molecule has 0 atom stereocenters. The van der Waals surface area contributed by atoms with Gasteiger partial charge in [0.15, 0.2) is 0 Å². The maximum atomic E-state index is 5.86. The lowest BCUT2D eigenvalue weighted by Gasteiger charge is -2.04. The smallest absolute Gasteiger partial charge is 0.235 e. The molecule has 0 radical (unpaired) electrons. The minimum absolute atomic E-state index is 0.359. The monoisotopic (exact) mass is 188 g/mol. The minimum atomic E-state index is 0.359. The minimum Gasteiger partial charge on any atom is -0.480 e. The first kappa shape index (κ1) is 9.22.